The second-order valence-corrected chi connectivity index (χ2v) is 6.47. The molecule has 4 aromatic rings. The maximum Gasteiger partial charge on any atom is 0.274 e. The van der Waals surface area contributed by atoms with E-state index in [1.165, 1.54) is 4.68 Å². The highest BCUT2D eigenvalue weighted by molar-refractivity contribution is 6.31. The Hall–Kier alpha value is -3.39. The zero-order valence-corrected chi connectivity index (χ0v) is 15.2. The summed E-state index contributed by atoms with van der Waals surface area (Å²) in [6, 6.07) is 7.86. The number of nitrogens with zero attached hydrogens (tertiary/aromatic N) is 4. The summed E-state index contributed by atoms with van der Waals surface area (Å²) in [7, 11) is 0. The number of hydrogen-bond donors (Lipinski definition) is 3. The van der Waals surface area contributed by atoms with E-state index in [1.807, 2.05) is 37.4 Å². The number of nitrogens with two attached hydrogens (primary N) is 1. The van der Waals surface area contributed by atoms with Crippen LogP contribution in [-0.2, 0) is 6.54 Å². The number of aryl methyl sites for hydroxylation is 1. The second kappa shape index (κ2) is 6.73. The summed E-state index contributed by atoms with van der Waals surface area (Å²) < 4.78 is 1.47. The minimum atomic E-state index is -0.445. The zero-order chi connectivity index (χ0) is 19.0. The highest BCUT2D eigenvalue weighted by atomic mass is 35.5. The molecule has 0 saturated heterocycles. The normalized spacial score (nSPS) is 11.0. The van der Waals surface area contributed by atoms with E-state index < -0.39 is 5.91 Å². The highest BCUT2D eigenvalue weighted by Gasteiger charge is 2.18. The van der Waals surface area contributed by atoms with Gasteiger partial charge in [-0.25, -0.2) is 14.6 Å². The predicted molar refractivity (Wildman–Crippen MR) is 103 cm³/mol. The molecule has 0 aliphatic carbocycles. The van der Waals surface area contributed by atoms with E-state index >= 15 is 0 Å². The fourth-order valence-corrected chi connectivity index (χ4v) is 2.95. The Morgan fingerprint density at radius 1 is 1.33 bits per heavy atom. The minimum absolute atomic E-state index is 0.0128. The summed E-state index contributed by atoms with van der Waals surface area (Å²) in [5, 5.41) is 8.04. The Balaban J connectivity index is 1.53. The molecule has 0 bridgehead atoms. The van der Waals surface area contributed by atoms with Crippen molar-refractivity contribution in [1.29, 1.82) is 0 Å². The lowest BCUT2D eigenvalue weighted by atomic mass is 10.1. The quantitative estimate of drug-likeness (QED) is 0.502. The summed E-state index contributed by atoms with van der Waals surface area (Å²) in [5.41, 5.74) is 8.84. The van der Waals surface area contributed by atoms with Crippen LogP contribution in [-0.4, -0.2) is 30.6 Å². The van der Waals surface area contributed by atoms with Crippen LogP contribution < -0.4 is 11.1 Å². The van der Waals surface area contributed by atoms with Gasteiger partial charge in [-0.1, -0.05) is 17.7 Å². The van der Waals surface area contributed by atoms with Gasteiger partial charge in [0.2, 0.25) is 0 Å². The lowest BCUT2D eigenvalue weighted by Gasteiger charge is -2.09. The molecular formula is C18H16ClN7O. The van der Waals surface area contributed by atoms with Crippen molar-refractivity contribution < 1.29 is 4.79 Å². The molecule has 0 aliphatic heterocycles. The molecule has 4 N–H and O–H groups in total. The van der Waals surface area contributed by atoms with Gasteiger partial charge in [0.25, 0.3) is 5.91 Å². The molecule has 1 amide bonds. The van der Waals surface area contributed by atoms with Crippen molar-refractivity contribution in [3.8, 4) is 5.82 Å². The van der Waals surface area contributed by atoms with Gasteiger partial charge < -0.3 is 16.0 Å². The van der Waals surface area contributed by atoms with E-state index in [1.54, 1.807) is 12.4 Å². The molecule has 0 unspecified atom stereocenters. The molecule has 3 aromatic heterocycles. The standard InChI is InChI=1S/C18H16ClN7O/c1-10-7-23-26(9-10)17-15(19)24-14(16(20)25-17)18(27)22-8-11-2-3-13-12(6-11)4-5-21-13/h2-7,9,21H,8H2,1H3,(H2,20,25)(H,22,27). The van der Waals surface area contributed by atoms with E-state index in [0.717, 1.165) is 22.0 Å². The number of benzene rings is 1. The van der Waals surface area contributed by atoms with E-state index in [0.29, 0.717) is 6.54 Å². The van der Waals surface area contributed by atoms with Gasteiger partial charge in [0.1, 0.15) is 0 Å². The molecule has 0 spiro atoms. The van der Waals surface area contributed by atoms with Gasteiger partial charge >= 0.3 is 0 Å². The fourth-order valence-electron chi connectivity index (χ4n) is 2.74. The Bertz CT molecular complexity index is 1150. The van der Waals surface area contributed by atoms with Crippen LogP contribution >= 0.6 is 11.6 Å². The molecule has 8 nitrogen and oxygen atoms in total. The van der Waals surface area contributed by atoms with Crippen LogP contribution in [0, 0.1) is 6.92 Å². The van der Waals surface area contributed by atoms with Gasteiger partial charge in [-0.05, 0) is 41.6 Å². The maximum atomic E-state index is 12.5. The molecule has 0 atom stereocenters. The van der Waals surface area contributed by atoms with Crippen molar-refractivity contribution >= 4 is 34.2 Å². The first-order valence-corrected chi connectivity index (χ1v) is 8.58. The summed E-state index contributed by atoms with van der Waals surface area (Å²) in [6.45, 7) is 2.22. The number of nitrogens with one attached hydrogen (secondary N) is 2. The van der Waals surface area contributed by atoms with Crippen LogP contribution in [0.25, 0.3) is 16.7 Å². The van der Waals surface area contributed by atoms with E-state index in [9.17, 15) is 4.79 Å². The van der Waals surface area contributed by atoms with Crippen molar-refractivity contribution in [2.45, 2.75) is 13.5 Å². The molecule has 0 aliphatic rings. The predicted octanol–water partition coefficient (Wildman–Crippen LogP) is 2.62. The van der Waals surface area contributed by atoms with Crippen LogP contribution in [0.4, 0.5) is 5.82 Å². The third-order valence-electron chi connectivity index (χ3n) is 4.08. The van der Waals surface area contributed by atoms with E-state index in [-0.39, 0.29) is 22.5 Å². The number of anilines is 1. The Kier molecular flexibility index (Phi) is 4.25. The minimum Gasteiger partial charge on any atom is -0.382 e. The molecule has 136 valence electrons. The molecule has 0 fully saturated rings. The van der Waals surface area contributed by atoms with Crippen LogP contribution in [0.3, 0.4) is 0 Å². The van der Waals surface area contributed by atoms with Crippen molar-refractivity contribution in [2.24, 2.45) is 0 Å². The Morgan fingerprint density at radius 3 is 2.96 bits per heavy atom. The van der Waals surface area contributed by atoms with Gasteiger partial charge in [-0.2, -0.15) is 5.10 Å². The number of rotatable bonds is 4. The lowest BCUT2D eigenvalue weighted by molar-refractivity contribution is 0.0946. The van der Waals surface area contributed by atoms with Gasteiger partial charge in [0.05, 0.1) is 6.20 Å². The number of nitrogen functional groups attached to an aromatic ring is 1. The van der Waals surface area contributed by atoms with Gasteiger partial charge in [-0.15, -0.1) is 0 Å². The van der Waals surface area contributed by atoms with Gasteiger partial charge in [0.15, 0.2) is 22.5 Å². The number of halogens is 1. The second-order valence-electron chi connectivity index (χ2n) is 6.12. The van der Waals surface area contributed by atoms with Crippen LogP contribution in [0.5, 0.6) is 0 Å². The van der Waals surface area contributed by atoms with Crippen molar-refractivity contribution in [3.63, 3.8) is 0 Å². The van der Waals surface area contributed by atoms with Crippen LogP contribution in [0.1, 0.15) is 21.6 Å². The number of hydrogen-bond acceptors (Lipinski definition) is 5. The molecule has 1 aromatic carbocycles. The van der Waals surface area contributed by atoms with Gasteiger partial charge in [0, 0.05) is 24.5 Å². The molecule has 0 saturated carbocycles. The summed E-state index contributed by atoms with van der Waals surface area (Å²) in [4.78, 5) is 23.9. The summed E-state index contributed by atoms with van der Waals surface area (Å²) >= 11 is 6.19. The first-order chi connectivity index (χ1) is 13.0. The molecule has 9 heteroatoms. The third kappa shape index (κ3) is 3.34. The number of aromatic nitrogens is 5. The Morgan fingerprint density at radius 2 is 2.19 bits per heavy atom. The number of aromatic amines is 1. The van der Waals surface area contributed by atoms with Crippen molar-refractivity contribution in [2.75, 3.05) is 5.73 Å². The third-order valence-corrected chi connectivity index (χ3v) is 4.33. The summed E-state index contributed by atoms with van der Waals surface area (Å²) in [5.74, 6) is -0.183. The zero-order valence-electron chi connectivity index (χ0n) is 14.4. The average molecular weight is 382 g/mol. The summed E-state index contributed by atoms with van der Waals surface area (Å²) in [6.07, 6.45) is 5.27. The number of carbonyl (C=O) groups is 1. The number of H-pyrrole nitrogens is 1. The monoisotopic (exact) mass is 381 g/mol. The largest absolute Gasteiger partial charge is 0.382 e. The van der Waals surface area contributed by atoms with E-state index in [2.05, 4.69) is 25.4 Å². The number of carbonyl (C=O) groups excluding carboxylic acids is 1. The molecule has 4 rings (SSSR count). The molecule has 27 heavy (non-hydrogen) atoms. The van der Waals surface area contributed by atoms with E-state index in [4.69, 9.17) is 17.3 Å². The smallest absolute Gasteiger partial charge is 0.274 e. The molecule has 3 heterocycles. The average Bonchev–Trinajstić information content (AvgIpc) is 3.29. The first-order valence-electron chi connectivity index (χ1n) is 8.20. The fraction of sp³-hybridized carbons (Fsp3) is 0.111. The maximum absolute atomic E-state index is 12.5. The SMILES string of the molecule is Cc1cnn(-c2nc(N)c(C(=O)NCc3ccc4[nH]ccc4c3)nc2Cl)c1. The van der Waals surface area contributed by atoms with Crippen molar-refractivity contribution in [3.05, 3.63) is 64.8 Å². The number of amides is 1. The van der Waals surface area contributed by atoms with Crippen LogP contribution in [0.2, 0.25) is 5.15 Å². The van der Waals surface area contributed by atoms with Crippen molar-refractivity contribution in [1.82, 2.24) is 30.0 Å². The molecular weight excluding hydrogens is 366 g/mol. The topological polar surface area (TPSA) is 115 Å². The number of fused-ring (bicyclic) bond motifs is 1. The van der Waals surface area contributed by atoms with Crippen LogP contribution in [0.15, 0.2) is 42.9 Å². The first kappa shape index (κ1) is 17.0. The van der Waals surface area contributed by atoms with Gasteiger partial charge in [-0.3, -0.25) is 4.79 Å². The lowest BCUT2D eigenvalue weighted by Crippen LogP contribution is -2.26. The highest BCUT2D eigenvalue weighted by Crippen LogP contribution is 2.20. The Labute approximate surface area is 159 Å². The molecule has 0 radical (unpaired) electrons.